The van der Waals surface area contributed by atoms with Gasteiger partial charge in [-0.1, -0.05) is 47.2 Å². The molecule has 3 aromatic rings. The molecule has 0 aliphatic carbocycles. The van der Waals surface area contributed by atoms with Gasteiger partial charge >= 0.3 is 0 Å². The standard InChI is InChI=1S/C22H22N4O2S/c1-15-12-16(2)14-18(13-15)20-24-25-22(28-20)29-17(3)21(27)26(11-7-10-23)19-8-5-4-6-9-19/h4-6,8-9,12-14,17H,7,11H2,1-3H3/t17-/m0/s1. The van der Waals surface area contributed by atoms with E-state index in [1.807, 2.05) is 56.3 Å². The molecule has 0 saturated carbocycles. The summed E-state index contributed by atoms with van der Waals surface area (Å²) in [4.78, 5) is 14.7. The zero-order chi connectivity index (χ0) is 20.8. The summed E-state index contributed by atoms with van der Waals surface area (Å²) < 4.78 is 5.78. The van der Waals surface area contributed by atoms with Gasteiger partial charge in [0.15, 0.2) is 0 Å². The van der Waals surface area contributed by atoms with Gasteiger partial charge in [0.05, 0.1) is 17.7 Å². The lowest BCUT2D eigenvalue weighted by atomic mass is 10.1. The van der Waals surface area contributed by atoms with Crippen molar-refractivity contribution in [3.63, 3.8) is 0 Å². The fourth-order valence-corrected chi connectivity index (χ4v) is 3.78. The number of para-hydroxylation sites is 1. The molecule has 148 valence electrons. The summed E-state index contributed by atoms with van der Waals surface area (Å²) in [5, 5.41) is 17.1. The molecule has 0 N–H and O–H groups in total. The first kappa shape index (κ1) is 20.6. The molecule has 0 fully saturated rings. The number of aryl methyl sites for hydroxylation is 2. The highest BCUT2D eigenvalue weighted by molar-refractivity contribution is 8.00. The van der Waals surface area contributed by atoms with E-state index in [2.05, 4.69) is 22.3 Å². The van der Waals surface area contributed by atoms with Gasteiger partial charge in [0.2, 0.25) is 11.8 Å². The molecule has 0 radical (unpaired) electrons. The van der Waals surface area contributed by atoms with Crippen LogP contribution < -0.4 is 4.90 Å². The van der Waals surface area contributed by atoms with Crippen molar-refractivity contribution < 1.29 is 9.21 Å². The number of hydrogen-bond acceptors (Lipinski definition) is 6. The lowest BCUT2D eigenvalue weighted by Crippen LogP contribution is -2.37. The second-order valence-corrected chi connectivity index (χ2v) is 8.04. The second kappa shape index (κ2) is 9.39. The first-order valence-electron chi connectivity index (χ1n) is 9.30. The first-order valence-corrected chi connectivity index (χ1v) is 10.2. The van der Waals surface area contributed by atoms with Crippen molar-refractivity contribution in [2.45, 2.75) is 37.7 Å². The minimum atomic E-state index is -0.443. The van der Waals surface area contributed by atoms with Crippen LogP contribution in [0.2, 0.25) is 0 Å². The molecule has 7 heteroatoms. The van der Waals surface area contributed by atoms with Gasteiger partial charge in [0, 0.05) is 17.8 Å². The van der Waals surface area contributed by atoms with Crippen LogP contribution in [-0.2, 0) is 4.79 Å². The number of hydrogen-bond donors (Lipinski definition) is 0. The Morgan fingerprint density at radius 2 is 1.86 bits per heavy atom. The Bertz CT molecular complexity index is 1010. The normalized spacial score (nSPS) is 11.7. The molecule has 6 nitrogen and oxygen atoms in total. The molecule has 29 heavy (non-hydrogen) atoms. The number of benzene rings is 2. The van der Waals surface area contributed by atoms with Gasteiger partial charge in [0.1, 0.15) is 0 Å². The summed E-state index contributed by atoms with van der Waals surface area (Å²) in [6.45, 7) is 6.17. The average Bonchev–Trinajstić information content (AvgIpc) is 3.16. The Balaban J connectivity index is 1.75. The van der Waals surface area contributed by atoms with Gasteiger partial charge in [0.25, 0.3) is 5.22 Å². The highest BCUT2D eigenvalue weighted by Crippen LogP contribution is 2.29. The molecule has 1 atom stereocenters. The molecule has 0 aliphatic heterocycles. The number of carbonyl (C=O) groups is 1. The van der Waals surface area contributed by atoms with E-state index < -0.39 is 5.25 Å². The largest absolute Gasteiger partial charge is 0.411 e. The molecule has 0 saturated heterocycles. The highest BCUT2D eigenvalue weighted by atomic mass is 32.2. The van der Waals surface area contributed by atoms with Crippen LogP contribution in [0.25, 0.3) is 11.5 Å². The summed E-state index contributed by atoms with van der Waals surface area (Å²) in [5.74, 6) is 0.325. The molecule has 0 spiro atoms. The highest BCUT2D eigenvalue weighted by Gasteiger charge is 2.25. The van der Waals surface area contributed by atoms with Crippen LogP contribution in [0.5, 0.6) is 0 Å². The molecular weight excluding hydrogens is 384 g/mol. The first-order chi connectivity index (χ1) is 14.0. The van der Waals surface area contributed by atoms with Crippen LogP contribution in [0.3, 0.4) is 0 Å². The maximum atomic E-state index is 13.0. The molecule has 1 amide bonds. The summed E-state index contributed by atoms with van der Waals surface area (Å²) in [5.41, 5.74) is 3.86. The maximum absolute atomic E-state index is 13.0. The third-order valence-electron chi connectivity index (χ3n) is 4.28. The molecule has 0 bridgehead atoms. The number of amides is 1. The van der Waals surface area contributed by atoms with Crippen molar-refractivity contribution in [2.24, 2.45) is 0 Å². The van der Waals surface area contributed by atoms with E-state index in [1.165, 1.54) is 11.8 Å². The van der Waals surface area contributed by atoms with Crippen LogP contribution >= 0.6 is 11.8 Å². The number of aromatic nitrogens is 2. The van der Waals surface area contributed by atoms with Crippen molar-refractivity contribution in [1.29, 1.82) is 5.26 Å². The maximum Gasteiger partial charge on any atom is 0.277 e. The van der Waals surface area contributed by atoms with E-state index >= 15 is 0 Å². The zero-order valence-electron chi connectivity index (χ0n) is 16.6. The van der Waals surface area contributed by atoms with Crippen LogP contribution in [-0.4, -0.2) is 27.9 Å². The van der Waals surface area contributed by atoms with Gasteiger partial charge < -0.3 is 9.32 Å². The SMILES string of the molecule is Cc1cc(C)cc(-c2nnc(S[C@@H](C)C(=O)N(CCC#N)c3ccccc3)o2)c1. The molecular formula is C22H22N4O2S. The zero-order valence-corrected chi connectivity index (χ0v) is 17.4. The molecule has 0 aliphatic rings. The number of nitriles is 1. The molecule has 1 heterocycles. The van der Waals surface area contributed by atoms with Crippen molar-refractivity contribution >= 4 is 23.4 Å². The van der Waals surface area contributed by atoms with E-state index in [-0.39, 0.29) is 12.3 Å². The number of nitrogens with zero attached hydrogens (tertiary/aromatic N) is 4. The van der Waals surface area contributed by atoms with Gasteiger partial charge in [-0.05, 0) is 45.0 Å². The summed E-state index contributed by atoms with van der Waals surface area (Å²) >= 11 is 1.22. The van der Waals surface area contributed by atoms with Gasteiger partial charge in [-0.3, -0.25) is 4.79 Å². The lowest BCUT2D eigenvalue weighted by molar-refractivity contribution is -0.117. The van der Waals surface area contributed by atoms with E-state index in [9.17, 15) is 4.79 Å². The fourth-order valence-electron chi connectivity index (χ4n) is 3.03. The molecule has 1 aromatic heterocycles. The predicted octanol–water partition coefficient (Wildman–Crippen LogP) is 4.78. The molecule has 2 aromatic carbocycles. The van der Waals surface area contributed by atoms with Crippen LogP contribution in [0.1, 0.15) is 24.5 Å². The summed E-state index contributed by atoms with van der Waals surface area (Å²) in [7, 11) is 0. The number of anilines is 1. The Labute approximate surface area is 174 Å². The topological polar surface area (TPSA) is 83.0 Å². The van der Waals surface area contributed by atoms with Crippen molar-refractivity contribution in [1.82, 2.24) is 10.2 Å². The Morgan fingerprint density at radius 3 is 2.52 bits per heavy atom. The van der Waals surface area contributed by atoms with Gasteiger partial charge in [-0.25, -0.2) is 0 Å². The number of thioether (sulfide) groups is 1. The molecule has 3 rings (SSSR count). The smallest absolute Gasteiger partial charge is 0.277 e. The summed E-state index contributed by atoms with van der Waals surface area (Å²) in [6, 6.07) is 17.5. The number of carbonyl (C=O) groups excluding carboxylic acids is 1. The van der Waals surface area contributed by atoms with Crippen LogP contribution in [0.4, 0.5) is 5.69 Å². The third kappa shape index (κ3) is 5.24. The second-order valence-electron chi connectivity index (χ2n) is 6.74. The van der Waals surface area contributed by atoms with E-state index in [4.69, 9.17) is 9.68 Å². The van der Waals surface area contributed by atoms with Crippen LogP contribution in [0.15, 0.2) is 58.2 Å². The van der Waals surface area contributed by atoms with Crippen molar-refractivity contribution in [2.75, 3.05) is 11.4 Å². The monoisotopic (exact) mass is 406 g/mol. The van der Waals surface area contributed by atoms with E-state index in [0.717, 1.165) is 22.4 Å². The third-order valence-corrected chi connectivity index (χ3v) is 5.20. The minimum absolute atomic E-state index is 0.109. The Kier molecular flexibility index (Phi) is 6.68. The van der Waals surface area contributed by atoms with Gasteiger partial charge in [-0.2, -0.15) is 5.26 Å². The van der Waals surface area contributed by atoms with E-state index in [1.54, 1.807) is 11.8 Å². The van der Waals surface area contributed by atoms with Crippen molar-refractivity contribution in [3.05, 3.63) is 59.7 Å². The average molecular weight is 407 g/mol. The van der Waals surface area contributed by atoms with Crippen molar-refractivity contribution in [3.8, 4) is 17.5 Å². The minimum Gasteiger partial charge on any atom is -0.411 e. The Hall–Kier alpha value is -3.11. The Morgan fingerprint density at radius 1 is 1.17 bits per heavy atom. The van der Waals surface area contributed by atoms with Gasteiger partial charge in [-0.15, -0.1) is 10.2 Å². The predicted molar refractivity (Wildman–Crippen MR) is 114 cm³/mol. The number of rotatable bonds is 7. The van der Waals surface area contributed by atoms with Crippen LogP contribution in [0, 0.1) is 25.2 Å². The summed E-state index contributed by atoms with van der Waals surface area (Å²) in [6.07, 6.45) is 0.259. The van der Waals surface area contributed by atoms with E-state index in [0.29, 0.717) is 17.7 Å². The fraction of sp³-hybridized carbons (Fsp3) is 0.273. The molecule has 0 unspecified atom stereocenters. The lowest BCUT2D eigenvalue weighted by Gasteiger charge is -2.24. The quantitative estimate of drug-likeness (QED) is 0.525.